The number of nitrogens with one attached hydrogen (secondary N) is 2. The Bertz CT molecular complexity index is 760. The Balaban J connectivity index is 1.65. The maximum Gasteiger partial charge on any atom is 0.455 e. The lowest BCUT2D eigenvalue weighted by molar-refractivity contribution is -0.146. The molecule has 3 rings (SSSR count). The normalized spacial score (nSPS) is 14.7. The third-order valence-electron chi connectivity index (χ3n) is 3.40. The molecule has 1 aliphatic heterocycles. The number of ether oxygens (including phenoxy) is 1. The Kier molecular flexibility index (Phi) is 4.04. The number of benzene rings is 1. The van der Waals surface area contributed by atoms with Crippen LogP contribution in [0.25, 0.3) is 0 Å². The average molecular weight is 342 g/mol. The Hall–Kier alpha value is -2.78. The summed E-state index contributed by atoms with van der Waals surface area (Å²) >= 11 is 0. The van der Waals surface area contributed by atoms with Crippen molar-refractivity contribution < 1.29 is 27.2 Å². The van der Waals surface area contributed by atoms with E-state index in [0.29, 0.717) is 24.5 Å². The molecule has 1 aliphatic rings. The van der Waals surface area contributed by atoms with Crippen molar-refractivity contribution >= 4 is 11.7 Å². The summed E-state index contributed by atoms with van der Waals surface area (Å²) in [5.41, 5.74) is 1.45. The molecule has 0 saturated heterocycles. The number of nitrogens with zero attached hydrogens (tertiary/aromatic N) is 2. The smallest absolute Gasteiger partial charge is 0.455 e. The van der Waals surface area contributed by atoms with Crippen molar-refractivity contribution in [2.45, 2.75) is 25.6 Å². The lowest BCUT2D eigenvalue weighted by atomic mass is 10.1. The standard InChI is InChI=1S/C14H13F3N4O3/c1-7(11-20-12(21-24-11)14(15,16)17)18-13(22)19-9-3-2-4-10-8(9)5-6-23-10/h2-4,7H,5-6H2,1H3,(H2,18,19,22). The molecular weight excluding hydrogens is 329 g/mol. The van der Waals surface area contributed by atoms with Crippen LogP contribution in [-0.2, 0) is 12.6 Å². The summed E-state index contributed by atoms with van der Waals surface area (Å²) < 4.78 is 47.3. The topological polar surface area (TPSA) is 89.3 Å². The molecule has 0 bridgehead atoms. The molecule has 1 aromatic carbocycles. The minimum Gasteiger partial charge on any atom is -0.493 e. The van der Waals surface area contributed by atoms with Gasteiger partial charge in [0.05, 0.1) is 6.61 Å². The van der Waals surface area contributed by atoms with Gasteiger partial charge in [-0.1, -0.05) is 11.2 Å². The lowest BCUT2D eigenvalue weighted by Gasteiger charge is -2.13. The largest absolute Gasteiger partial charge is 0.493 e. The molecule has 0 spiro atoms. The van der Waals surface area contributed by atoms with Gasteiger partial charge >= 0.3 is 12.2 Å². The van der Waals surface area contributed by atoms with E-state index in [1.165, 1.54) is 6.92 Å². The first-order valence-electron chi connectivity index (χ1n) is 7.07. The van der Waals surface area contributed by atoms with E-state index < -0.39 is 24.1 Å². The Morgan fingerprint density at radius 2 is 2.17 bits per heavy atom. The number of rotatable bonds is 3. The summed E-state index contributed by atoms with van der Waals surface area (Å²) in [6.45, 7) is 1.97. The fraction of sp³-hybridized carbons (Fsp3) is 0.357. The van der Waals surface area contributed by atoms with Crippen molar-refractivity contribution in [1.29, 1.82) is 0 Å². The van der Waals surface area contributed by atoms with Crippen molar-refractivity contribution in [3.8, 4) is 5.75 Å². The third kappa shape index (κ3) is 3.26. The number of alkyl halides is 3. The number of fused-ring (bicyclic) bond motifs is 1. The molecule has 2 N–H and O–H groups in total. The van der Waals surface area contributed by atoms with Gasteiger partial charge in [0, 0.05) is 17.7 Å². The highest BCUT2D eigenvalue weighted by Crippen LogP contribution is 2.31. The van der Waals surface area contributed by atoms with E-state index in [4.69, 9.17) is 4.74 Å². The molecular formula is C14H13F3N4O3. The Morgan fingerprint density at radius 3 is 2.88 bits per heavy atom. The molecule has 24 heavy (non-hydrogen) atoms. The molecule has 128 valence electrons. The highest BCUT2D eigenvalue weighted by molar-refractivity contribution is 5.90. The number of hydrogen-bond donors (Lipinski definition) is 2. The van der Waals surface area contributed by atoms with Crippen LogP contribution < -0.4 is 15.4 Å². The van der Waals surface area contributed by atoms with E-state index in [0.717, 1.165) is 5.56 Å². The first-order chi connectivity index (χ1) is 11.3. The van der Waals surface area contributed by atoms with Crippen molar-refractivity contribution in [3.63, 3.8) is 0 Å². The molecule has 2 heterocycles. The highest BCUT2D eigenvalue weighted by Gasteiger charge is 2.37. The molecule has 1 unspecified atom stereocenters. The molecule has 0 saturated carbocycles. The fourth-order valence-corrected chi connectivity index (χ4v) is 2.28. The molecule has 2 amide bonds. The van der Waals surface area contributed by atoms with Crippen LogP contribution in [0.2, 0.25) is 0 Å². The molecule has 10 heteroatoms. The van der Waals surface area contributed by atoms with Gasteiger partial charge in [-0.3, -0.25) is 0 Å². The molecule has 1 aromatic heterocycles. The van der Waals surface area contributed by atoms with Crippen molar-refractivity contribution in [2.75, 3.05) is 11.9 Å². The summed E-state index contributed by atoms with van der Waals surface area (Å²) in [6.07, 6.45) is -4.03. The second-order valence-electron chi connectivity index (χ2n) is 5.15. The van der Waals surface area contributed by atoms with Crippen LogP contribution in [0.15, 0.2) is 22.7 Å². The second kappa shape index (κ2) is 6.02. The zero-order valence-corrected chi connectivity index (χ0v) is 12.5. The SMILES string of the molecule is CC(NC(=O)Nc1cccc2c1CCO2)c1nc(C(F)(F)F)no1. The van der Waals surface area contributed by atoms with Crippen molar-refractivity contribution in [1.82, 2.24) is 15.5 Å². The minimum absolute atomic E-state index is 0.334. The van der Waals surface area contributed by atoms with Crippen LogP contribution in [0.1, 0.15) is 30.2 Å². The molecule has 0 radical (unpaired) electrons. The van der Waals surface area contributed by atoms with Gasteiger partial charge < -0.3 is 19.9 Å². The number of hydrogen-bond acceptors (Lipinski definition) is 5. The number of anilines is 1. The second-order valence-corrected chi connectivity index (χ2v) is 5.15. The van der Waals surface area contributed by atoms with Crippen LogP contribution >= 0.6 is 0 Å². The maximum atomic E-state index is 12.4. The number of amides is 2. The summed E-state index contributed by atoms with van der Waals surface area (Å²) in [5.74, 6) is -1.02. The van der Waals surface area contributed by atoms with Crippen molar-refractivity contribution in [2.24, 2.45) is 0 Å². The van der Waals surface area contributed by atoms with Gasteiger partial charge in [0.1, 0.15) is 11.8 Å². The zero-order chi connectivity index (χ0) is 17.3. The van der Waals surface area contributed by atoms with Gasteiger partial charge in [-0.2, -0.15) is 18.2 Å². The zero-order valence-electron chi connectivity index (χ0n) is 12.5. The molecule has 1 atom stereocenters. The first-order valence-corrected chi connectivity index (χ1v) is 7.07. The van der Waals surface area contributed by atoms with Crippen LogP contribution in [0.5, 0.6) is 5.75 Å². The summed E-state index contributed by atoms with van der Waals surface area (Å²) in [5, 5.41) is 7.93. The van der Waals surface area contributed by atoms with Gasteiger partial charge in [0.2, 0.25) is 5.89 Å². The Labute approximate surface area is 134 Å². The number of aromatic nitrogens is 2. The molecule has 0 aliphatic carbocycles. The number of carbonyl (C=O) groups excluding carboxylic acids is 1. The molecule has 2 aromatic rings. The van der Waals surface area contributed by atoms with Crippen LogP contribution in [0.4, 0.5) is 23.7 Å². The number of halogens is 3. The van der Waals surface area contributed by atoms with E-state index in [2.05, 4.69) is 25.3 Å². The van der Waals surface area contributed by atoms with Gasteiger partial charge in [-0.15, -0.1) is 0 Å². The van der Waals surface area contributed by atoms with E-state index in [9.17, 15) is 18.0 Å². The summed E-state index contributed by atoms with van der Waals surface area (Å²) in [7, 11) is 0. The van der Waals surface area contributed by atoms with Gasteiger partial charge in [-0.25, -0.2) is 4.79 Å². The van der Waals surface area contributed by atoms with Crippen LogP contribution in [-0.4, -0.2) is 22.8 Å². The monoisotopic (exact) mass is 342 g/mol. The summed E-state index contributed by atoms with van der Waals surface area (Å²) in [4.78, 5) is 15.3. The number of carbonyl (C=O) groups is 1. The van der Waals surface area contributed by atoms with E-state index in [-0.39, 0.29) is 5.89 Å². The minimum atomic E-state index is -4.70. The molecule has 0 fully saturated rings. The highest BCUT2D eigenvalue weighted by atomic mass is 19.4. The Morgan fingerprint density at radius 1 is 1.38 bits per heavy atom. The average Bonchev–Trinajstić information content (AvgIpc) is 3.16. The first kappa shape index (κ1) is 16.1. The predicted molar refractivity (Wildman–Crippen MR) is 75.5 cm³/mol. The van der Waals surface area contributed by atoms with E-state index >= 15 is 0 Å². The fourth-order valence-electron chi connectivity index (χ4n) is 2.28. The van der Waals surface area contributed by atoms with Gasteiger partial charge in [0.25, 0.3) is 5.82 Å². The predicted octanol–water partition coefficient (Wildman–Crippen LogP) is 2.91. The quantitative estimate of drug-likeness (QED) is 0.895. The van der Waals surface area contributed by atoms with Gasteiger partial charge in [0.15, 0.2) is 0 Å². The lowest BCUT2D eigenvalue weighted by Crippen LogP contribution is -2.31. The maximum absolute atomic E-state index is 12.4. The summed E-state index contributed by atoms with van der Waals surface area (Å²) in [6, 6.07) is 3.75. The van der Waals surface area contributed by atoms with Crippen LogP contribution in [0.3, 0.4) is 0 Å². The van der Waals surface area contributed by atoms with E-state index in [1.807, 2.05) is 0 Å². The van der Waals surface area contributed by atoms with Crippen LogP contribution in [0, 0.1) is 0 Å². The molecule has 7 nitrogen and oxygen atoms in total. The van der Waals surface area contributed by atoms with Crippen molar-refractivity contribution in [3.05, 3.63) is 35.5 Å². The van der Waals surface area contributed by atoms with E-state index in [1.54, 1.807) is 18.2 Å². The van der Waals surface area contributed by atoms with Gasteiger partial charge in [-0.05, 0) is 19.1 Å². The number of urea groups is 1. The third-order valence-corrected chi connectivity index (χ3v) is 3.40.